The minimum absolute atomic E-state index is 0.274. The van der Waals surface area contributed by atoms with Gasteiger partial charge in [-0.1, -0.05) is 6.07 Å². The van der Waals surface area contributed by atoms with E-state index in [2.05, 4.69) is 29.9 Å². The zero-order valence-corrected chi connectivity index (χ0v) is 21.1. The van der Waals surface area contributed by atoms with Gasteiger partial charge in [0.15, 0.2) is 5.11 Å². The number of aryl methyl sites for hydroxylation is 2. The number of hydrogen-bond acceptors (Lipinski definition) is 6. The number of thiocarbonyl (C=S) groups is 1. The molecule has 37 heavy (non-hydrogen) atoms. The van der Waals surface area contributed by atoms with E-state index in [1.807, 2.05) is 48.7 Å². The second kappa shape index (κ2) is 9.79. The molecule has 0 aliphatic carbocycles. The summed E-state index contributed by atoms with van der Waals surface area (Å²) >= 11 is 6.72. The van der Waals surface area contributed by atoms with Gasteiger partial charge >= 0.3 is 6.36 Å². The number of pyridine rings is 1. The van der Waals surface area contributed by atoms with Crippen molar-refractivity contribution in [3.63, 3.8) is 0 Å². The van der Waals surface area contributed by atoms with Crippen LogP contribution in [0, 0.1) is 13.8 Å². The number of rotatable bonds is 5. The Morgan fingerprint density at radius 1 is 1.14 bits per heavy atom. The number of imidazole rings is 1. The van der Waals surface area contributed by atoms with Crippen molar-refractivity contribution in [3.05, 3.63) is 77.1 Å². The zero-order valence-electron chi connectivity index (χ0n) is 19.5. The molecule has 0 aliphatic heterocycles. The van der Waals surface area contributed by atoms with Crippen molar-refractivity contribution in [3.8, 4) is 17.0 Å². The lowest BCUT2D eigenvalue weighted by Crippen LogP contribution is -2.24. The van der Waals surface area contributed by atoms with Crippen LogP contribution in [0.1, 0.15) is 16.1 Å². The van der Waals surface area contributed by atoms with Crippen molar-refractivity contribution >= 4 is 57.2 Å². The first kappa shape index (κ1) is 24.7. The van der Waals surface area contributed by atoms with Crippen molar-refractivity contribution in [2.24, 2.45) is 5.10 Å². The Morgan fingerprint density at radius 3 is 2.62 bits per heavy atom. The summed E-state index contributed by atoms with van der Waals surface area (Å²) < 4.78 is 47.5. The summed E-state index contributed by atoms with van der Waals surface area (Å²) in [6.45, 7) is 3.88. The standard InChI is InChI=1S/C25H19F3N6OS2/c1-14-22(15(2)37-33-14)31-24(36)32-30-12-16-3-8-20-18(11-16)9-10-34-21(13-29-23(20)34)17-4-6-19(7-5-17)35-25(26,27)28/h3-13H,1-2H3,(H2,31,32,36). The molecule has 0 atom stereocenters. The van der Waals surface area contributed by atoms with Crippen LogP contribution in [-0.4, -0.2) is 31.4 Å². The molecule has 7 nitrogen and oxygen atoms in total. The molecule has 0 fully saturated rings. The normalized spacial score (nSPS) is 11.9. The van der Waals surface area contributed by atoms with E-state index in [9.17, 15) is 13.2 Å². The first-order valence-corrected chi connectivity index (χ1v) is 12.1. The molecule has 12 heteroatoms. The summed E-state index contributed by atoms with van der Waals surface area (Å²) in [5, 5.41) is 9.58. The van der Waals surface area contributed by atoms with E-state index in [1.165, 1.54) is 23.7 Å². The maximum atomic E-state index is 12.4. The Bertz CT molecular complexity index is 1620. The van der Waals surface area contributed by atoms with E-state index in [4.69, 9.17) is 12.2 Å². The number of hydrogen-bond donors (Lipinski definition) is 2. The maximum absolute atomic E-state index is 12.4. The molecular weight excluding hydrogens is 521 g/mol. The molecule has 0 saturated carbocycles. The van der Waals surface area contributed by atoms with Gasteiger partial charge < -0.3 is 10.1 Å². The van der Waals surface area contributed by atoms with E-state index in [0.29, 0.717) is 10.7 Å². The lowest BCUT2D eigenvalue weighted by molar-refractivity contribution is -0.274. The van der Waals surface area contributed by atoms with Gasteiger partial charge in [0.1, 0.15) is 11.4 Å². The fourth-order valence-corrected chi connectivity index (χ4v) is 4.69. The number of nitrogens with one attached hydrogen (secondary N) is 2. The molecule has 3 heterocycles. The fourth-order valence-electron chi connectivity index (χ4n) is 3.88. The third-order valence-electron chi connectivity index (χ3n) is 5.55. The summed E-state index contributed by atoms with van der Waals surface area (Å²) in [6.07, 6.45) is 0.503. The summed E-state index contributed by atoms with van der Waals surface area (Å²) in [6, 6.07) is 13.5. The third kappa shape index (κ3) is 5.39. The van der Waals surface area contributed by atoms with Crippen LogP contribution < -0.4 is 15.5 Å². The second-order valence-electron chi connectivity index (χ2n) is 8.09. The number of alkyl halides is 3. The molecule has 0 radical (unpaired) electrons. The van der Waals surface area contributed by atoms with Gasteiger partial charge in [-0.05, 0) is 91.0 Å². The molecule has 5 rings (SSSR count). The molecule has 0 amide bonds. The smallest absolute Gasteiger partial charge is 0.406 e. The highest BCUT2D eigenvalue weighted by molar-refractivity contribution is 7.80. The minimum Gasteiger partial charge on any atom is -0.406 e. The number of aromatic nitrogens is 3. The van der Waals surface area contributed by atoms with Gasteiger partial charge in [-0.2, -0.15) is 9.47 Å². The largest absolute Gasteiger partial charge is 0.573 e. The van der Waals surface area contributed by atoms with E-state index >= 15 is 0 Å². The van der Waals surface area contributed by atoms with Crippen LogP contribution in [0.5, 0.6) is 5.75 Å². The SMILES string of the molecule is Cc1nsc(C)c1NC(=S)NN=Cc1ccc2c(ccn3c(-c4ccc(OC(F)(F)F)cc4)cnc23)c1. The van der Waals surface area contributed by atoms with Crippen LogP contribution in [0.25, 0.3) is 27.7 Å². The lowest BCUT2D eigenvalue weighted by Gasteiger charge is -2.09. The van der Waals surface area contributed by atoms with Crippen LogP contribution in [0.15, 0.2) is 66.0 Å². The number of fused-ring (bicyclic) bond motifs is 3. The van der Waals surface area contributed by atoms with Crippen LogP contribution in [0.2, 0.25) is 0 Å². The van der Waals surface area contributed by atoms with Gasteiger partial charge in [0.25, 0.3) is 0 Å². The highest BCUT2D eigenvalue weighted by Gasteiger charge is 2.31. The Hall–Kier alpha value is -4.03. The average molecular weight is 541 g/mol. The Morgan fingerprint density at radius 2 is 1.92 bits per heavy atom. The van der Waals surface area contributed by atoms with Gasteiger partial charge in [0.05, 0.1) is 29.5 Å². The highest BCUT2D eigenvalue weighted by Crippen LogP contribution is 2.29. The lowest BCUT2D eigenvalue weighted by atomic mass is 10.1. The minimum atomic E-state index is -4.73. The van der Waals surface area contributed by atoms with Crippen LogP contribution in [0.3, 0.4) is 0 Å². The fraction of sp³-hybridized carbons (Fsp3) is 0.120. The molecular formula is C25H19F3N6OS2. The van der Waals surface area contributed by atoms with Gasteiger partial charge in [-0.15, -0.1) is 13.2 Å². The van der Waals surface area contributed by atoms with E-state index < -0.39 is 6.36 Å². The first-order valence-electron chi connectivity index (χ1n) is 11.0. The number of benzene rings is 2. The number of ether oxygens (including phenoxy) is 1. The summed E-state index contributed by atoms with van der Waals surface area (Å²) in [4.78, 5) is 5.59. The summed E-state index contributed by atoms with van der Waals surface area (Å²) in [5.41, 5.74) is 7.64. The van der Waals surface area contributed by atoms with Crippen molar-refractivity contribution in [2.45, 2.75) is 20.2 Å². The van der Waals surface area contributed by atoms with E-state index in [0.717, 1.165) is 43.9 Å². The quantitative estimate of drug-likeness (QED) is 0.152. The molecule has 5 aromatic rings. The molecule has 2 N–H and O–H groups in total. The Balaban J connectivity index is 1.33. The third-order valence-corrected chi connectivity index (χ3v) is 6.59. The number of nitrogens with zero attached hydrogens (tertiary/aromatic N) is 4. The van der Waals surface area contributed by atoms with Crippen molar-refractivity contribution in [1.29, 1.82) is 0 Å². The zero-order chi connectivity index (χ0) is 26.2. The van der Waals surface area contributed by atoms with Crippen molar-refractivity contribution < 1.29 is 17.9 Å². The highest BCUT2D eigenvalue weighted by atomic mass is 32.1. The van der Waals surface area contributed by atoms with E-state index in [-0.39, 0.29) is 5.75 Å². The topological polar surface area (TPSA) is 75.8 Å². The summed E-state index contributed by atoms with van der Waals surface area (Å²) in [7, 11) is 0. The van der Waals surface area contributed by atoms with Crippen LogP contribution in [0.4, 0.5) is 18.9 Å². The molecule has 3 aromatic heterocycles. The molecule has 2 aromatic carbocycles. The maximum Gasteiger partial charge on any atom is 0.573 e. The van der Waals surface area contributed by atoms with Gasteiger partial charge in [-0.3, -0.25) is 9.83 Å². The second-order valence-corrected chi connectivity index (χ2v) is 9.48. The monoisotopic (exact) mass is 540 g/mol. The predicted octanol–water partition coefficient (Wildman–Crippen LogP) is 6.45. The number of hydrazone groups is 1. The Kier molecular flexibility index (Phi) is 6.52. The van der Waals surface area contributed by atoms with Crippen LogP contribution >= 0.6 is 23.8 Å². The van der Waals surface area contributed by atoms with Gasteiger partial charge in [0, 0.05) is 22.0 Å². The van der Waals surface area contributed by atoms with Crippen molar-refractivity contribution in [2.75, 3.05) is 5.32 Å². The molecule has 0 saturated heterocycles. The molecule has 0 bridgehead atoms. The molecule has 0 aliphatic rings. The predicted molar refractivity (Wildman–Crippen MR) is 143 cm³/mol. The molecule has 188 valence electrons. The number of anilines is 1. The molecule has 0 unspecified atom stereocenters. The van der Waals surface area contributed by atoms with Gasteiger partial charge in [-0.25, -0.2) is 4.98 Å². The van der Waals surface area contributed by atoms with E-state index in [1.54, 1.807) is 24.5 Å². The average Bonchev–Trinajstić information content (AvgIpc) is 3.42. The Labute approximate surface area is 218 Å². The number of halogens is 3. The van der Waals surface area contributed by atoms with Crippen LogP contribution in [-0.2, 0) is 0 Å². The van der Waals surface area contributed by atoms with Gasteiger partial charge in [0.2, 0.25) is 0 Å². The summed E-state index contributed by atoms with van der Waals surface area (Å²) in [5.74, 6) is -0.274. The van der Waals surface area contributed by atoms with Crippen molar-refractivity contribution in [1.82, 2.24) is 19.2 Å². The first-order chi connectivity index (χ1) is 17.7. The molecule has 0 spiro atoms.